The first-order chi connectivity index (χ1) is 15.3. The van der Waals surface area contributed by atoms with E-state index in [9.17, 15) is 9.59 Å². The molecule has 0 saturated carbocycles. The van der Waals surface area contributed by atoms with Crippen molar-refractivity contribution in [1.29, 1.82) is 0 Å². The summed E-state index contributed by atoms with van der Waals surface area (Å²) in [6.45, 7) is 10.2. The van der Waals surface area contributed by atoms with Gasteiger partial charge in [-0.05, 0) is 67.9 Å². The Balaban J connectivity index is 1.37. The van der Waals surface area contributed by atoms with E-state index < -0.39 is 0 Å². The maximum atomic E-state index is 12.8. The molecule has 32 heavy (non-hydrogen) atoms. The second kappa shape index (κ2) is 11.2. The van der Waals surface area contributed by atoms with E-state index in [-0.39, 0.29) is 17.9 Å². The number of nitrogens with one attached hydrogen (secondary N) is 1. The fourth-order valence-corrected chi connectivity index (χ4v) is 4.15. The van der Waals surface area contributed by atoms with Gasteiger partial charge < -0.3 is 15.0 Å². The van der Waals surface area contributed by atoms with Crippen molar-refractivity contribution in [3.8, 4) is 5.75 Å². The summed E-state index contributed by atoms with van der Waals surface area (Å²) in [6, 6.07) is 14.1. The highest BCUT2D eigenvalue weighted by Crippen LogP contribution is 2.22. The molecule has 0 unspecified atom stereocenters. The van der Waals surface area contributed by atoms with Crippen LogP contribution in [0.5, 0.6) is 5.75 Å². The van der Waals surface area contributed by atoms with Crippen LogP contribution in [0.2, 0.25) is 0 Å². The smallest absolute Gasteiger partial charge is 0.253 e. The Morgan fingerprint density at radius 3 is 2.25 bits per heavy atom. The lowest BCUT2D eigenvalue weighted by molar-refractivity contribution is -0.122. The third-order valence-electron chi connectivity index (χ3n) is 6.17. The molecule has 5 nitrogen and oxygen atoms in total. The molecule has 0 bridgehead atoms. The predicted molar refractivity (Wildman–Crippen MR) is 128 cm³/mol. The van der Waals surface area contributed by atoms with Crippen molar-refractivity contribution in [3.05, 3.63) is 64.7 Å². The molecular weight excluding hydrogens is 400 g/mol. The molecule has 1 aliphatic heterocycles. The number of hydrogen-bond donors (Lipinski definition) is 1. The molecule has 5 heteroatoms. The van der Waals surface area contributed by atoms with Crippen molar-refractivity contribution >= 4 is 11.8 Å². The Bertz CT molecular complexity index is 893. The van der Waals surface area contributed by atoms with Crippen LogP contribution >= 0.6 is 0 Å². The van der Waals surface area contributed by atoms with Crippen LogP contribution < -0.4 is 10.1 Å². The predicted octanol–water partition coefficient (Wildman–Crippen LogP) is 5.01. The summed E-state index contributed by atoms with van der Waals surface area (Å²) in [5.41, 5.74) is 4.21. The summed E-state index contributed by atoms with van der Waals surface area (Å²) in [4.78, 5) is 27.0. The van der Waals surface area contributed by atoms with Gasteiger partial charge in [0, 0.05) is 31.1 Å². The lowest BCUT2D eigenvalue weighted by atomic mass is 10.0. The molecule has 2 amide bonds. The number of piperidine rings is 1. The van der Waals surface area contributed by atoms with Gasteiger partial charge in [-0.15, -0.1) is 0 Å². The molecule has 0 atom stereocenters. The van der Waals surface area contributed by atoms with Gasteiger partial charge in [0.2, 0.25) is 5.91 Å². The topological polar surface area (TPSA) is 58.6 Å². The van der Waals surface area contributed by atoms with Crippen molar-refractivity contribution in [2.45, 2.75) is 65.3 Å². The Labute approximate surface area is 192 Å². The van der Waals surface area contributed by atoms with Crippen molar-refractivity contribution in [2.24, 2.45) is 0 Å². The van der Waals surface area contributed by atoms with Crippen molar-refractivity contribution < 1.29 is 14.3 Å². The molecule has 0 radical (unpaired) electrons. The number of rotatable bonds is 8. The zero-order valence-corrected chi connectivity index (χ0v) is 19.8. The highest BCUT2D eigenvalue weighted by molar-refractivity contribution is 5.94. The molecule has 0 spiro atoms. The zero-order valence-electron chi connectivity index (χ0n) is 19.8. The number of likely N-dealkylation sites (tertiary alicyclic amines) is 1. The highest BCUT2D eigenvalue weighted by atomic mass is 16.5. The summed E-state index contributed by atoms with van der Waals surface area (Å²) in [5, 5.41) is 3.13. The fraction of sp³-hybridized carbons (Fsp3) is 0.481. The molecular formula is C27H36N2O3. The van der Waals surface area contributed by atoms with Crippen LogP contribution in [0, 0.1) is 13.8 Å². The molecule has 2 aromatic carbocycles. The standard InChI is InChI=1S/C27H36N2O3/c1-19(2)22-10-12-23(13-11-22)27(31)29-16-14-24(15-17-29)28-25(30)9-6-18-32-26-20(3)7-5-8-21(26)4/h5,7-8,10-13,19,24H,6,9,14-18H2,1-4H3,(H,28,30). The van der Waals surface area contributed by atoms with E-state index in [2.05, 4.69) is 19.2 Å². The molecule has 1 N–H and O–H groups in total. The van der Waals surface area contributed by atoms with Gasteiger partial charge in [-0.1, -0.05) is 44.2 Å². The molecule has 1 heterocycles. The largest absolute Gasteiger partial charge is 0.493 e. The number of benzene rings is 2. The van der Waals surface area contributed by atoms with Crippen LogP contribution in [-0.4, -0.2) is 42.5 Å². The lowest BCUT2D eigenvalue weighted by Crippen LogP contribution is -2.46. The molecule has 2 aromatic rings. The monoisotopic (exact) mass is 436 g/mol. The third-order valence-corrected chi connectivity index (χ3v) is 6.17. The van der Waals surface area contributed by atoms with Gasteiger partial charge in [-0.2, -0.15) is 0 Å². The number of ether oxygens (including phenoxy) is 1. The fourth-order valence-electron chi connectivity index (χ4n) is 4.15. The van der Waals surface area contributed by atoms with Gasteiger partial charge in [-0.3, -0.25) is 9.59 Å². The summed E-state index contributed by atoms with van der Waals surface area (Å²) >= 11 is 0. The average molecular weight is 437 g/mol. The number of para-hydroxylation sites is 1. The second-order valence-corrected chi connectivity index (χ2v) is 9.08. The van der Waals surface area contributed by atoms with Crippen LogP contribution in [0.1, 0.15) is 72.5 Å². The second-order valence-electron chi connectivity index (χ2n) is 9.08. The number of carbonyl (C=O) groups is 2. The molecule has 0 aliphatic carbocycles. The number of nitrogens with zero attached hydrogens (tertiary/aromatic N) is 1. The van der Waals surface area contributed by atoms with E-state index in [0.29, 0.717) is 38.5 Å². The Morgan fingerprint density at radius 1 is 1.03 bits per heavy atom. The molecule has 172 valence electrons. The van der Waals surface area contributed by atoms with E-state index in [1.807, 2.05) is 61.2 Å². The summed E-state index contributed by atoms with van der Waals surface area (Å²) in [5.74, 6) is 1.51. The first kappa shape index (κ1) is 23.8. The molecule has 1 aliphatic rings. The third kappa shape index (κ3) is 6.35. The minimum Gasteiger partial charge on any atom is -0.493 e. The molecule has 1 fully saturated rings. The van der Waals surface area contributed by atoms with Crippen LogP contribution in [0.3, 0.4) is 0 Å². The summed E-state index contributed by atoms with van der Waals surface area (Å²) in [6.07, 6.45) is 2.72. The van der Waals surface area contributed by atoms with Crippen molar-refractivity contribution in [3.63, 3.8) is 0 Å². The molecule has 0 aromatic heterocycles. The Hall–Kier alpha value is -2.82. The minimum absolute atomic E-state index is 0.0594. The maximum Gasteiger partial charge on any atom is 0.253 e. The van der Waals surface area contributed by atoms with Crippen LogP contribution in [0.4, 0.5) is 0 Å². The van der Waals surface area contributed by atoms with E-state index in [1.165, 1.54) is 5.56 Å². The van der Waals surface area contributed by atoms with Crippen molar-refractivity contribution in [1.82, 2.24) is 10.2 Å². The van der Waals surface area contributed by atoms with Gasteiger partial charge in [0.05, 0.1) is 6.61 Å². The van der Waals surface area contributed by atoms with Gasteiger partial charge in [0.15, 0.2) is 0 Å². The quantitative estimate of drug-likeness (QED) is 0.592. The number of hydrogen-bond acceptors (Lipinski definition) is 3. The average Bonchev–Trinajstić information content (AvgIpc) is 2.78. The first-order valence-corrected chi connectivity index (χ1v) is 11.7. The molecule has 1 saturated heterocycles. The summed E-state index contributed by atoms with van der Waals surface area (Å²) < 4.78 is 5.89. The Morgan fingerprint density at radius 2 is 1.66 bits per heavy atom. The number of aryl methyl sites for hydroxylation is 2. The van der Waals surface area contributed by atoms with Gasteiger partial charge in [-0.25, -0.2) is 0 Å². The van der Waals surface area contributed by atoms with E-state index in [4.69, 9.17) is 4.74 Å². The summed E-state index contributed by atoms with van der Waals surface area (Å²) in [7, 11) is 0. The zero-order chi connectivity index (χ0) is 23.1. The van der Waals surface area contributed by atoms with Crippen LogP contribution in [-0.2, 0) is 4.79 Å². The lowest BCUT2D eigenvalue weighted by Gasteiger charge is -2.32. The minimum atomic E-state index is 0.0594. The van der Waals surface area contributed by atoms with E-state index in [1.54, 1.807) is 0 Å². The van der Waals surface area contributed by atoms with E-state index >= 15 is 0 Å². The highest BCUT2D eigenvalue weighted by Gasteiger charge is 2.24. The van der Waals surface area contributed by atoms with Crippen LogP contribution in [0.25, 0.3) is 0 Å². The SMILES string of the molecule is Cc1cccc(C)c1OCCCC(=O)NC1CCN(C(=O)c2ccc(C(C)C)cc2)CC1. The van der Waals surface area contributed by atoms with Crippen molar-refractivity contribution in [2.75, 3.05) is 19.7 Å². The molecule has 3 rings (SSSR count). The van der Waals surface area contributed by atoms with Gasteiger partial charge in [0.1, 0.15) is 5.75 Å². The normalized spacial score (nSPS) is 14.5. The maximum absolute atomic E-state index is 12.8. The number of carbonyl (C=O) groups excluding carboxylic acids is 2. The van der Waals surface area contributed by atoms with Gasteiger partial charge in [0.25, 0.3) is 5.91 Å². The van der Waals surface area contributed by atoms with E-state index in [0.717, 1.165) is 35.3 Å². The Kier molecular flexibility index (Phi) is 8.32. The first-order valence-electron chi connectivity index (χ1n) is 11.7. The van der Waals surface area contributed by atoms with Crippen LogP contribution in [0.15, 0.2) is 42.5 Å². The number of amides is 2. The van der Waals surface area contributed by atoms with Gasteiger partial charge >= 0.3 is 0 Å².